The van der Waals surface area contributed by atoms with Crippen LogP contribution in [-0.4, -0.2) is 29.6 Å². The lowest BCUT2D eigenvalue weighted by atomic mass is 10.3. The van der Waals surface area contributed by atoms with E-state index in [1.165, 1.54) is 0 Å². The molecule has 4 aromatic rings. The van der Waals surface area contributed by atoms with Gasteiger partial charge in [0.1, 0.15) is 0 Å². The van der Waals surface area contributed by atoms with Crippen LogP contribution in [0.4, 0.5) is 11.5 Å². The molecule has 4 rings (SSSR count). The topological polar surface area (TPSA) is 72.9 Å². The maximum Gasteiger partial charge on any atom is 0.186 e. The fourth-order valence-corrected chi connectivity index (χ4v) is 3.38. The molecule has 7 nitrogen and oxygen atoms in total. The number of rotatable bonds is 4. The average Bonchev–Trinajstić information content (AvgIpc) is 3.29. The molecule has 0 bridgehead atoms. The maximum atomic E-state index is 4.65. The Kier molecular flexibility index (Phi) is 3.53. The number of hydrogen-bond donors (Lipinski definition) is 1. The van der Waals surface area contributed by atoms with E-state index in [1.54, 1.807) is 15.9 Å². The predicted octanol–water partition coefficient (Wildman–Crippen LogP) is 3.43. The van der Waals surface area contributed by atoms with Crippen molar-refractivity contribution >= 4 is 28.5 Å². The molecule has 0 spiro atoms. The molecule has 0 aromatic carbocycles. The van der Waals surface area contributed by atoms with Crippen LogP contribution in [0.1, 0.15) is 18.3 Å². The number of nitrogens with zero attached hydrogens (tertiary/aromatic N) is 6. The third kappa shape index (κ3) is 2.35. The Hall–Kier alpha value is -2.74. The molecule has 8 heteroatoms. The van der Waals surface area contributed by atoms with Crippen molar-refractivity contribution in [3.63, 3.8) is 0 Å². The van der Waals surface area contributed by atoms with Crippen LogP contribution in [-0.2, 0) is 6.54 Å². The highest BCUT2D eigenvalue weighted by atomic mass is 32.1. The second kappa shape index (κ2) is 5.72. The lowest BCUT2D eigenvalue weighted by Crippen LogP contribution is -2.02. The van der Waals surface area contributed by atoms with Gasteiger partial charge in [-0.25, -0.2) is 0 Å². The van der Waals surface area contributed by atoms with Crippen LogP contribution in [0.2, 0.25) is 0 Å². The molecule has 0 amide bonds. The largest absolute Gasteiger partial charge is 0.336 e. The molecule has 0 fully saturated rings. The molecule has 0 unspecified atom stereocenters. The number of nitrogens with one attached hydrogen (secondary N) is 1. The molecule has 0 atom stereocenters. The molecule has 0 aliphatic heterocycles. The van der Waals surface area contributed by atoms with Crippen LogP contribution in [0.5, 0.6) is 0 Å². The summed E-state index contributed by atoms with van der Waals surface area (Å²) < 4.78 is 3.74. The first-order valence-electron chi connectivity index (χ1n) is 7.73. The Morgan fingerprint density at radius 3 is 2.71 bits per heavy atom. The van der Waals surface area contributed by atoms with E-state index in [0.29, 0.717) is 0 Å². The third-order valence-electron chi connectivity index (χ3n) is 3.98. The highest BCUT2D eigenvalue weighted by Gasteiger charge is 2.13. The molecule has 0 aliphatic rings. The van der Waals surface area contributed by atoms with Gasteiger partial charge < -0.3 is 5.32 Å². The lowest BCUT2D eigenvalue weighted by molar-refractivity contribution is 0.634. The highest BCUT2D eigenvalue weighted by molar-refractivity contribution is 7.08. The van der Waals surface area contributed by atoms with E-state index in [2.05, 4.69) is 39.6 Å². The molecule has 0 radical (unpaired) electrons. The zero-order chi connectivity index (χ0) is 16.7. The Labute approximate surface area is 143 Å². The van der Waals surface area contributed by atoms with Gasteiger partial charge in [0.25, 0.3) is 0 Å². The zero-order valence-electron chi connectivity index (χ0n) is 13.7. The van der Waals surface area contributed by atoms with Crippen molar-refractivity contribution in [3.05, 3.63) is 40.3 Å². The molecule has 4 heterocycles. The number of aromatic nitrogens is 6. The van der Waals surface area contributed by atoms with E-state index in [0.717, 1.165) is 46.5 Å². The number of hydrogen-bond acceptors (Lipinski definition) is 6. The summed E-state index contributed by atoms with van der Waals surface area (Å²) in [7, 11) is 0. The normalized spacial score (nSPS) is 11.3. The molecule has 24 heavy (non-hydrogen) atoms. The lowest BCUT2D eigenvalue weighted by Gasteiger charge is -2.07. The van der Waals surface area contributed by atoms with E-state index in [1.807, 2.05) is 40.6 Å². The average molecular weight is 339 g/mol. The number of aryl methyl sites for hydroxylation is 2. The van der Waals surface area contributed by atoms with Gasteiger partial charge in [-0.15, -0.1) is 15.3 Å². The third-order valence-corrected chi connectivity index (χ3v) is 4.66. The summed E-state index contributed by atoms with van der Waals surface area (Å²) in [6.45, 7) is 6.97. The first-order valence-corrected chi connectivity index (χ1v) is 8.67. The van der Waals surface area contributed by atoms with Gasteiger partial charge in [-0.1, -0.05) is 0 Å². The standard InChI is InChI=1S/C16H17N7S/c1-4-22-11(3)15(10(2)20-22)17-13-5-6-14-18-19-16(23(14)21-13)12-7-8-24-9-12/h5-9H,4H2,1-3H3,(H,17,21). The molecule has 4 aromatic heterocycles. The Balaban J connectivity index is 1.76. The highest BCUT2D eigenvalue weighted by Crippen LogP contribution is 2.25. The second-order valence-electron chi connectivity index (χ2n) is 5.51. The van der Waals surface area contributed by atoms with Gasteiger partial charge in [0.05, 0.1) is 17.1 Å². The molecule has 0 saturated carbocycles. The van der Waals surface area contributed by atoms with Crippen molar-refractivity contribution in [1.29, 1.82) is 0 Å². The van der Waals surface area contributed by atoms with Gasteiger partial charge in [0.15, 0.2) is 17.3 Å². The van der Waals surface area contributed by atoms with Gasteiger partial charge >= 0.3 is 0 Å². The van der Waals surface area contributed by atoms with Gasteiger partial charge in [-0.05, 0) is 44.4 Å². The summed E-state index contributed by atoms with van der Waals surface area (Å²) in [4.78, 5) is 0. The first-order chi connectivity index (χ1) is 11.7. The van der Waals surface area contributed by atoms with Crippen molar-refractivity contribution in [1.82, 2.24) is 29.6 Å². The minimum Gasteiger partial charge on any atom is -0.336 e. The quantitative estimate of drug-likeness (QED) is 0.617. The number of thiophene rings is 1. The minimum absolute atomic E-state index is 0.722. The summed E-state index contributed by atoms with van der Waals surface area (Å²) >= 11 is 1.63. The molecule has 0 aliphatic carbocycles. The van der Waals surface area contributed by atoms with E-state index in [-0.39, 0.29) is 0 Å². The zero-order valence-corrected chi connectivity index (χ0v) is 14.5. The van der Waals surface area contributed by atoms with Crippen molar-refractivity contribution < 1.29 is 0 Å². The van der Waals surface area contributed by atoms with Crippen LogP contribution >= 0.6 is 11.3 Å². The fourth-order valence-electron chi connectivity index (χ4n) is 2.74. The first kappa shape index (κ1) is 14.8. The Bertz CT molecular complexity index is 997. The SMILES string of the molecule is CCn1nc(C)c(Nc2ccc3nnc(-c4ccsc4)n3n2)c1C. The second-order valence-corrected chi connectivity index (χ2v) is 6.29. The van der Waals surface area contributed by atoms with Crippen LogP contribution in [0, 0.1) is 13.8 Å². The number of anilines is 2. The van der Waals surface area contributed by atoms with Gasteiger partial charge in [-0.2, -0.15) is 21.0 Å². The van der Waals surface area contributed by atoms with Gasteiger partial charge in [0.2, 0.25) is 0 Å². The van der Waals surface area contributed by atoms with Crippen LogP contribution in [0.25, 0.3) is 17.0 Å². The fraction of sp³-hybridized carbons (Fsp3) is 0.250. The molecule has 1 N–H and O–H groups in total. The summed E-state index contributed by atoms with van der Waals surface area (Å²) in [6, 6.07) is 5.83. The van der Waals surface area contributed by atoms with Gasteiger partial charge in [0, 0.05) is 17.5 Å². The van der Waals surface area contributed by atoms with Crippen molar-refractivity contribution in [2.75, 3.05) is 5.32 Å². The maximum absolute atomic E-state index is 4.65. The Morgan fingerprint density at radius 2 is 2.00 bits per heavy atom. The minimum atomic E-state index is 0.722. The smallest absolute Gasteiger partial charge is 0.186 e. The molecular formula is C16H17N7S. The van der Waals surface area contributed by atoms with E-state index >= 15 is 0 Å². The van der Waals surface area contributed by atoms with Crippen LogP contribution in [0.15, 0.2) is 29.0 Å². The van der Waals surface area contributed by atoms with E-state index < -0.39 is 0 Å². The van der Waals surface area contributed by atoms with E-state index in [4.69, 9.17) is 0 Å². The molecule has 0 saturated heterocycles. The monoisotopic (exact) mass is 339 g/mol. The summed E-state index contributed by atoms with van der Waals surface area (Å²) in [5.74, 6) is 1.48. The molecular weight excluding hydrogens is 322 g/mol. The van der Waals surface area contributed by atoms with Crippen molar-refractivity contribution in [3.8, 4) is 11.4 Å². The van der Waals surface area contributed by atoms with Crippen LogP contribution < -0.4 is 5.32 Å². The predicted molar refractivity (Wildman–Crippen MR) is 94.8 cm³/mol. The van der Waals surface area contributed by atoms with Crippen molar-refractivity contribution in [2.24, 2.45) is 0 Å². The van der Waals surface area contributed by atoms with Crippen LogP contribution in [0.3, 0.4) is 0 Å². The molecule has 122 valence electrons. The summed E-state index contributed by atoms with van der Waals surface area (Å²) in [5.41, 5.74) is 4.79. The summed E-state index contributed by atoms with van der Waals surface area (Å²) in [6.07, 6.45) is 0. The van der Waals surface area contributed by atoms with E-state index in [9.17, 15) is 0 Å². The Morgan fingerprint density at radius 1 is 1.12 bits per heavy atom. The van der Waals surface area contributed by atoms with Crippen molar-refractivity contribution in [2.45, 2.75) is 27.3 Å². The number of fused-ring (bicyclic) bond motifs is 1. The summed E-state index contributed by atoms with van der Waals surface area (Å²) in [5, 5.41) is 25.1. The van der Waals surface area contributed by atoms with Gasteiger partial charge in [-0.3, -0.25) is 4.68 Å².